The first kappa shape index (κ1) is 15.7. The number of hydrogen-bond acceptors (Lipinski definition) is 1. The standard InChI is InChI=1S/C12H17ClFN.ClH/c1-4-7(2)12(15)10-9(13)6-5-8(3)11(10)14;/h5-7,12H,4,15H2,1-3H3;1H/t7?,12-;/m0./s1. The van der Waals surface area contributed by atoms with Crippen LogP contribution >= 0.6 is 24.0 Å². The Hall–Kier alpha value is -0.310. The lowest BCUT2D eigenvalue weighted by Gasteiger charge is -2.21. The van der Waals surface area contributed by atoms with E-state index in [1.807, 2.05) is 13.8 Å². The molecule has 1 aromatic rings. The molecule has 0 bridgehead atoms. The van der Waals surface area contributed by atoms with Crippen molar-refractivity contribution in [1.82, 2.24) is 0 Å². The molecule has 0 saturated carbocycles. The van der Waals surface area contributed by atoms with Crippen LogP contribution in [-0.2, 0) is 0 Å². The number of benzene rings is 1. The topological polar surface area (TPSA) is 26.0 Å². The minimum absolute atomic E-state index is 0. The molecule has 0 aliphatic rings. The summed E-state index contributed by atoms with van der Waals surface area (Å²) in [4.78, 5) is 0. The third-order valence-electron chi connectivity index (χ3n) is 2.91. The predicted octanol–water partition coefficient (Wildman–Crippen LogP) is 4.26. The Balaban J connectivity index is 0.00000225. The van der Waals surface area contributed by atoms with Gasteiger partial charge in [0.15, 0.2) is 0 Å². The highest BCUT2D eigenvalue weighted by Crippen LogP contribution is 2.31. The summed E-state index contributed by atoms with van der Waals surface area (Å²) in [5, 5.41) is 0.422. The molecule has 0 spiro atoms. The first-order valence-corrected chi connectivity index (χ1v) is 5.56. The Morgan fingerprint density at radius 1 is 1.44 bits per heavy atom. The molecule has 0 radical (unpaired) electrons. The first-order valence-electron chi connectivity index (χ1n) is 5.19. The van der Waals surface area contributed by atoms with Crippen LogP contribution in [0.4, 0.5) is 4.39 Å². The van der Waals surface area contributed by atoms with Gasteiger partial charge in [0.05, 0.1) is 0 Å². The lowest BCUT2D eigenvalue weighted by molar-refractivity contribution is 0.438. The van der Waals surface area contributed by atoms with Crippen molar-refractivity contribution in [3.63, 3.8) is 0 Å². The van der Waals surface area contributed by atoms with E-state index < -0.39 is 0 Å². The highest BCUT2D eigenvalue weighted by Gasteiger charge is 2.21. The molecule has 0 aliphatic heterocycles. The van der Waals surface area contributed by atoms with E-state index in [9.17, 15) is 4.39 Å². The number of rotatable bonds is 3. The second-order valence-corrected chi connectivity index (χ2v) is 4.41. The molecule has 0 aliphatic carbocycles. The zero-order chi connectivity index (χ0) is 11.6. The normalized spacial score (nSPS) is 14.1. The summed E-state index contributed by atoms with van der Waals surface area (Å²) in [5.74, 6) is -0.0471. The summed E-state index contributed by atoms with van der Waals surface area (Å²) < 4.78 is 13.8. The van der Waals surface area contributed by atoms with E-state index in [1.54, 1.807) is 19.1 Å². The van der Waals surface area contributed by atoms with Crippen LogP contribution < -0.4 is 5.73 Å². The largest absolute Gasteiger partial charge is 0.324 e. The Labute approximate surface area is 108 Å². The number of halogens is 3. The molecule has 16 heavy (non-hydrogen) atoms. The monoisotopic (exact) mass is 265 g/mol. The van der Waals surface area contributed by atoms with Crippen LogP contribution in [0.1, 0.15) is 37.4 Å². The molecule has 0 saturated heterocycles. The van der Waals surface area contributed by atoms with Crippen LogP contribution in [0.3, 0.4) is 0 Å². The first-order chi connectivity index (χ1) is 6.99. The molecule has 1 rings (SSSR count). The van der Waals surface area contributed by atoms with E-state index in [0.29, 0.717) is 16.1 Å². The van der Waals surface area contributed by atoms with Gasteiger partial charge in [-0.3, -0.25) is 0 Å². The molecule has 0 heterocycles. The van der Waals surface area contributed by atoms with Crippen LogP contribution in [-0.4, -0.2) is 0 Å². The van der Waals surface area contributed by atoms with Crippen LogP contribution in [0, 0.1) is 18.7 Å². The van der Waals surface area contributed by atoms with Crippen molar-refractivity contribution in [3.05, 3.63) is 34.1 Å². The Bertz CT molecular complexity index is 355. The van der Waals surface area contributed by atoms with E-state index in [2.05, 4.69) is 0 Å². The summed E-state index contributed by atoms with van der Waals surface area (Å²) >= 11 is 5.98. The third kappa shape index (κ3) is 3.09. The van der Waals surface area contributed by atoms with Gasteiger partial charge in [0.25, 0.3) is 0 Å². The molecule has 0 amide bonds. The maximum absolute atomic E-state index is 13.8. The minimum Gasteiger partial charge on any atom is -0.324 e. The molecule has 1 aromatic carbocycles. The molecular formula is C12H18Cl2FN. The van der Waals surface area contributed by atoms with Gasteiger partial charge in [0, 0.05) is 16.6 Å². The van der Waals surface area contributed by atoms with Gasteiger partial charge in [-0.15, -0.1) is 12.4 Å². The Kier molecular flexibility index (Phi) is 6.31. The smallest absolute Gasteiger partial charge is 0.132 e. The SMILES string of the molecule is CCC(C)[C@H](N)c1c(Cl)ccc(C)c1F.Cl. The van der Waals surface area contributed by atoms with E-state index in [-0.39, 0.29) is 30.2 Å². The number of hydrogen-bond donors (Lipinski definition) is 1. The van der Waals surface area contributed by atoms with Crippen LogP contribution in [0.15, 0.2) is 12.1 Å². The summed E-state index contributed by atoms with van der Waals surface area (Å²) in [7, 11) is 0. The highest BCUT2D eigenvalue weighted by atomic mass is 35.5. The van der Waals surface area contributed by atoms with Gasteiger partial charge in [-0.2, -0.15) is 0 Å². The zero-order valence-corrected chi connectivity index (χ0v) is 11.3. The number of nitrogens with two attached hydrogens (primary N) is 1. The highest BCUT2D eigenvalue weighted by molar-refractivity contribution is 6.31. The van der Waals surface area contributed by atoms with Gasteiger partial charge in [0.2, 0.25) is 0 Å². The van der Waals surface area contributed by atoms with Gasteiger partial charge in [0.1, 0.15) is 5.82 Å². The van der Waals surface area contributed by atoms with E-state index in [0.717, 1.165) is 6.42 Å². The maximum Gasteiger partial charge on any atom is 0.132 e. The molecular weight excluding hydrogens is 248 g/mol. The fraction of sp³-hybridized carbons (Fsp3) is 0.500. The average Bonchev–Trinajstić information content (AvgIpc) is 2.22. The quantitative estimate of drug-likeness (QED) is 0.869. The Morgan fingerprint density at radius 2 is 2.00 bits per heavy atom. The van der Waals surface area contributed by atoms with Crippen molar-refractivity contribution in [3.8, 4) is 0 Å². The van der Waals surface area contributed by atoms with Gasteiger partial charge >= 0.3 is 0 Å². The van der Waals surface area contributed by atoms with Gasteiger partial charge in [-0.25, -0.2) is 4.39 Å². The van der Waals surface area contributed by atoms with Crippen molar-refractivity contribution in [2.75, 3.05) is 0 Å². The fourth-order valence-electron chi connectivity index (χ4n) is 1.52. The lowest BCUT2D eigenvalue weighted by atomic mass is 9.92. The molecule has 2 atom stereocenters. The van der Waals surface area contributed by atoms with Gasteiger partial charge in [-0.05, 0) is 24.5 Å². The predicted molar refractivity (Wildman–Crippen MR) is 69.8 cm³/mol. The molecule has 92 valence electrons. The number of aryl methyl sites for hydroxylation is 1. The lowest BCUT2D eigenvalue weighted by Crippen LogP contribution is -2.20. The maximum atomic E-state index is 13.8. The summed E-state index contributed by atoms with van der Waals surface area (Å²) in [6, 6.07) is 3.05. The molecule has 1 nitrogen and oxygen atoms in total. The average molecular weight is 266 g/mol. The molecule has 0 aromatic heterocycles. The zero-order valence-electron chi connectivity index (χ0n) is 9.76. The second-order valence-electron chi connectivity index (χ2n) is 4.00. The fourth-order valence-corrected chi connectivity index (χ4v) is 1.79. The molecule has 1 unspecified atom stereocenters. The van der Waals surface area contributed by atoms with Gasteiger partial charge in [-0.1, -0.05) is 37.9 Å². The van der Waals surface area contributed by atoms with E-state index in [1.165, 1.54) is 0 Å². The van der Waals surface area contributed by atoms with Crippen molar-refractivity contribution < 1.29 is 4.39 Å². The second kappa shape index (κ2) is 6.43. The molecule has 4 heteroatoms. The summed E-state index contributed by atoms with van der Waals surface area (Å²) in [6.45, 7) is 5.76. The van der Waals surface area contributed by atoms with Crippen LogP contribution in [0.25, 0.3) is 0 Å². The molecule has 0 fully saturated rings. The Morgan fingerprint density at radius 3 is 2.50 bits per heavy atom. The third-order valence-corrected chi connectivity index (χ3v) is 3.24. The van der Waals surface area contributed by atoms with E-state index >= 15 is 0 Å². The van der Waals surface area contributed by atoms with Crippen molar-refractivity contribution in [2.45, 2.75) is 33.2 Å². The van der Waals surface area contributed by atoms with Crippen LogP contribution in [0.2, 0.25) is 5.02 Å². The summed E-state index contributed by atoms with van der Waals surface area (Å²) in [6.07, 6.45) is 0.908. The van der Waals surface area contributed by atoms with Gasteiger partial charge < -0.3 is 5.73 Å². The molecule has 2 N–H and O–H groups in total. The van der Waals surface area contributed by atoms with Crippen molar-refractivity contribution in [2.24, 2.45) is 11.7 Å². The van der Waals surface area contributed by atoms with Crippen LogP contribution in [0.5, 0.6) is 0 Å². The van der Waals surface area contributed by atoms with Crippen molar-refractivity contribution >= 4 is 24.0 Å². The minimum atomic E-state index is -0.331. The van der Waals surface area contributed by atoms with Crippen molar-refractivity contribution in [1.29, 1.82) is 0 Å². The van der Waals surface area contributed by atoms with E-state index in [4.69, 9.17) is 17.3 Å². The summed E-state index contributed by atoms with van der Waals surface area (Å²) in [5.41, 5.74) is 7.04.